The van der Waals surface area contributed by atoms with Crippen molar-refractivity contribution in [2.45, 2.75) is 52.1 Å². The number of nitrogens with zero attached hydrogens (tertiary/aromatic N) is 2. The summed E-state index contributed by atoms with van der Waals surface area (Å²) < 4.78 is 0. The molecular formula is C13H26N2O2. The highest BCUT2D eigenvalue weighted by molar-refractivity contribution is 5.78. The van der Waals surface area contributed by atoms with Crippen LogP contribution < -0.4 is 0 Å². The smallest absolute Gasteiger partial charge is 0.323 e. The van der Waals surface area contributed by atoms with Crippen molar-refractivity contribution in [2.24, 2.45) is 0 Å². The fourth-order valence-electron chi connectivity index (χ4n) is 2.62. The number of carboxylic acids is 1. The van der Waals surface area contributed by atoms with Crippen LogP contribution >= 0.6 is 0 Å². The van der Waals surface area contributed by atoms with Gasteiger partial charge in [-0.15, -0.1) is 0 Å². The molecule has 1 unspecified atom stereocenters. The first-order valence-corrected chi connectivity index (χ1v) is 6.64. The molecule has 1 rings (SSSR count). The van der Waals surface area contributed by atoms with Crippen LogP contribution in [0.3, 0.4) is 0 Å². The van der Waals surface area contributed by atoms with Crippen molar-refractivity contribution >= 4 is 5.97 Å². The summed E-state index contributed by atoms with van der Waals surface area (Å²) >= 11 is 0. The SMILES string of the molecule is CCCC(C)(C(=O)O)N1CCN(C(C)C)CC1. The van der Waals surface area contributed by atoms with Gasteiger partial charge in [-0.1, -0.05) is 13.3 Å². The van der Waals surface area contributed by atoms with Crippen molar-refractivity contribution < 1.29 is 9.90 Å². The van der Waals surface area contributed by atoms with Crippen LogP contribution in [-0.2, 0) is 4.79 Å². The first-order valence-electron chi connectivity index (χ1n) is 6.64. The number of rotatable bonds is 5. The van der Waals surface area contributed by atoms with E-state index in [0.717, 1.165) is 39.0 Å². The minimum absolute atomic E-state index is 0.555. The summed E-state index contributed by atoms with van der Waals surface area (Å²) in [7, 11) is 0. The highest BCUT2D eigenvalue weighted by Crippen LogP contribution is 2.23. The van der Waals surface area contributed by atoms with Crippen molar-refractivity contribution in [3.05, 3.63) is 0 Å². The van der Waals surface area contributed by atoms with Crippen LogP contribution in [0.5, 0.6) is 0 Å². The molecule has 0 radical (unpaired) electrons. The summed E-state index contributed by atoms with van der Waals surface area (Å²) in [6.45, 7) is 12.0. The highest BCUT2D eigenvalue weighted by Gasteiger charge is 2.40. The van der Waals surface area contributed by atoms with Crippen LogP contribution in [0.4, 0.5) is 0 Å². The average molecular weight is 242 g/mol. The fraction of sp³-hybridized carbons (Fsp3) is 0.923. The van der Waals surface area contributed by atoms with E-state index in [2.05, 4.69) is 23.6 Å². The van der Waals surface area contributed by atoms with Gasteiger partial charge in [0.05, 0.1) is 0 Å². The zero-order valence-corrected chi connectivity index (χ0v) is 11.6. The van der Waals surface area contributed by atoms with Gasteiger partial charge >= 0.3 is 5.97 Å². The third kappa shape index (κ3) is 3.19. The molecule has 0 spiro atoms. The van der Waals surface area contributed by atoms with Crippen LogP contribution in [0.2, 0.25) is 0 Å². The Balaban J connectivity index is 2.64. The normalized spacial score (nSPS) is 22.6. The largest absolute Gasteiger partial charge is 0.480 e. The summed E-state index contributed by atoms with van der Waals surface area (Å²) in [5.74, 6) is -0.683. The van der Waals surface area contributed by atoms with Crippen molar-refractivity contribution in [1.29, 1.82) is 0 Å². The molecule has 0 amide bonds. The lowest BCUT2D eigenvalue weighted by atomic mass is 9.93. The van der Waals surface area contributed by atoms with Gasteiger partial charge in [0.2, 0.25) is 0 Å². The monoisotopic (exact) mass is 242 g/mol. The predicted molar refractivity (Wildman–Crippen MR) is 69.2 cm³/mol. The summed E-state index contributed by atoms with van der Waals surface area (Å²) in [5, 5.41) is 9.44. The Morgan fingerprint density at radius 1 is 1.29 bits per heavy atom. The summed E-state index contributed by atoms with van der Waals surface area (Å²) in [6, 6.07) is 0.555. The van der Waals surface area contributed by atoms with E-state index in [-0.39, 0.29) is 0 Å². The van der Waals surface area contributed by atoms with Gasteiger partial charge < -0.3 is 5.11 Å². The van der Waals surface area contributed by atoms with Gasteiger partial charge in [0, 0.05) is 32.2 Å². The van der Waals surface area contributed by atoms with E-state index in [1.807, 2.05) is 13.8 Å². The van der Waals surface area contributed by atoms with E-state index < -0.39 is 11.5 Å². The second kappa shape index (κ2) is 5.83. The van der Waals surface area contributed by atoms with Gasteiger partial charge in [-0.25, -0.2) is 0 Å². The minimum Gasteiger partial charge on any atom is -0.480 e. The molecule has 100 valence electrons. The number of hydrogen-bond acceptors (Lipinski definition) is 3. The molecule has 0 aromatic carbocycles. The Labute approximate surface area is 105 Å². The van der Waals surface area contributed by atoms with Gasteiger partial charge in [0.15, 0.2) is 0 Å². The molecule has 1 aliphatic rings. The van der Waals surface area contributed by atoms with E-state index >= 15 is 0 Å². The molecule has 0 aromatic heterocycles. The Hall–Kier alpha value is -0.610. The molecule has 1 heterocycles. The van der Waals surface area contributed by atoms with Crippen molar-refractivity contribution in [2.75, 3.05) is 26.2 Å². The van der Waals surface area contributed by atoms with Crippen LogP contribution in [0.25, 0.3) is 0 Å². The minimum atomic E-state index is -0.683. The number of piperazine rings is 1. The first kappa shape index (κ1) is 14.5. The van der Waals surface area contributed by atoms with Crippen LogP contribution in [0.15, 0.2) is 0 Å². The number of aliphatic carboxylic acids is 1. The third-order valence-corrected chi connectivity index (χ3v) is 3.94. The molecule has 1 aliphatic heterocycles. The van der Waals surface area contributed by atoms with Crippen molar-refractivity contribution in [3.8, 4) is 0 Å². The third-order valence-electron chi connectivity index (χ3n) is 3.94. The molecule has 1 saturated heterocycles. The standard InChI is InChI=1S/C13H26N2O2/c1-5-6-13(4,12(16)17)15-9-7-14(8-10-15)11(2)3/h11H,5-10H2,1-4H3,(H,16,17). The molecular weight excluding hydrogens is 216 g/mol. The molecule has 4 heteroatoms. The van der Waals surface area contributed by atoms with Crippen molar-refractivity contribution in [1.82, 2.24) is 9.80 Å². The molecule has 1 N–H and O–H groups in total. The van der Waals surface area contributed by atoms with E-state index in [1.165, 1.54) is 0 Å². The van der Waals surface area contributed by atoms with Crippen LogP contribution in [0, 0.1) is 0 Å². The molecule has 0 bridgehead atoms. The molecule has 1 fully saturated rings. The Kier molecular flexibility index (Phi) is 4.95. The first-order chi connectivity index (χ1) is 7.91. The van der Waals surface area contributed by atoms with Gasteiger partial charge in [-0.3, -0.25) is 14.6 Å². The van der Waals surface area contributed by atoms with E-state index in [0.29, 0.717) is 6.04 Å². The van der Waals surface area contributed by atoms with E-state index in [4.69, 9.17) is 0 Å². The van der Waals surface area contributed by atoms with E-state index in [9.17, 15) is 9.90 Å². The maximum absolute atomic E-state index is 11.5. The van der Waals surface area contributed by atoms with Crippen LogP contribution in [-0.4, -0.2) is 58.6 Å². The quantitative estimate of drug-likeness (QED) is 0.796. The van der Waals surface area contributed by atoms with Gasteiger partial charge in [0.1, 0.15) is 5.54 Å². The molecule has 0 aliphatic carbocycles. The summed E-state index contributed by atoms with van der Waals surface area (Å²) in [5.41, 5.74) is -0.683. The predicted octanol–water partition coefficient (Wildman–Crippen LogP) is 1.66. The zero-order valence-electron chi connectivity index (χ0n) is 11.6. The molecule has 4 nitrogen and oxygen atoms in total. The summed E-state index contributed by atoms with van der Waals surface area (Å²) in [4.78, 5) is 16.0. The number of carbonyl (C=O) groups is 1. The molecule has 1 atom stereocenters. The van der Waals surface area contributed by atoms with Crippen molar-refractivity contribution in [3.63, 3.8) is 0 Å². The maximum Gasteiger partial charge on any atom is 0.323 e. The number of carboxylic acid groups (broad SMARTS) is 1. The van der Waals surface area contributed by atoms with Gasteiger partial charge in [-0.2, -0.15) is 0 Å². The lowest BCUT2D eigenvalue weighted by Gasteiger charge is -2.44. The molecule has 17 heavy (non-hydrogen) atoms. The second-order valence-electron chi connectivity index (χ2n) is 5.45. The Morgan fingerprint density at radius 2 is 1.82 bits per heavy atom. The zero-order chi connectivity index (χ0) is 13.1. The number of hydrogen-bond donors (Lipinski definition) is 1. The highest BCUT2D eigenvalue weighted by atomic mass is 16.4. The average Bonchev–Trinajstić information content (AvgIpc) is 2.29. The Morgan fingerprint density at radius 3 is 2.18 bits per heavy atom. The topological polar surface area (TPSA) is 43.8 Å². The second-order valence-corrected chi connectivity index (χ2v) is 5.45. The van der Waals surface area contributed by atoms with Gasteiger partial charge in [-0.05, 0) is 27.2 Å². The fourth-order valence-corrected chi connectivity index (χ4v) is 2.62. The van der Waals surface area contributed by atoms with Crippen LogP contribution in [0.1, 0.15) is 40.5 Å². The Bertz CT molecular complexity index is 260. The lowest BCUT2D eigenvalue weighted by Crippen LogP contribution is -2.60. The molecule has 0 aromatic rings. The summed E-state index contributed by atoms with van der Waals surface area (Å²) in [6.07, 6.45) is 1.64. The van der Waals surface area contributed by atoms with Gasteiger partial charge in [0.25, 0.3) is 0 Å². The molecule has 0 saturated carbocycles. The van der Waals surface area contributed by atoms with E-state index in [1.54, 1.807) is 0 Å². The lowest BCUT2D eigenvalue weighted by molar-refractivity contribution is -0.152. The maximum atomic E-state index is 11.5.